The molecule has 0 saturated carbocycles. The van der Waals surface area contributed by atoms with Crippen LogP contribution >= 0.6 is 0 Å². The third-order valence-corrected chi connectivity index (χ3v) is 0.442. The zero-order chi connectivity index (χ0) is 6.57. The number of aliphatic hydroxyl groups is 1. The monoisotopic (exact) mass is 114 g/mol. The molecule has 0 aliphatic rings. The van der Waals surface area contributed by atoms with E-state index in [4.69, 9.17) is 10.4 Å². The van der Waals surface area contributed by atoms with E-state index in [1.165, 1.54) is 13.0 Å². The molecule has 2 N–H and O–H groups in total. The minimum absolute atomic E-state index is 0.819. The van der Waals surface area contributed by atoms with Crippen LogP contribution in [-0.4, -0.2) is 17.2 Å². The van der Waals surface area contributed by atoms with Crippen LogP contribution < -0.4 is 5.32 Å². The van der Waals surface area contributed by atoms with Crippen molar-refractivity contribution in [2.75, 3.05) is 0 Å². The Morgan fingerprint density at radius 1 is 2.00 bits per heavy atom. The largest absolute Gasteiger partial charge is 0.374 e. The molecule has 0 aromatic rings. The SMILES string of the molecule is CC(O)NC(=O)C#N. The van der Waals surface area contributed by atoms with Crippen LogP contribution in [-0.2, 0) is 4.79 Å². The van der Waals surface area contributed by atoms with E-state index in [0.717, 1.165) is 0 Å². The van der Waals surface area contributed by atoms with Gasteiger partial charge < -0.3 is 10.4 Å². The molecule has 0 heterocycles. The highest BCUT2D eigenvalue weighted by Gasteiger charge is 1.98. The smallest absolute Gasteiger partial charge is 0.324 e. The Morgan fingerprint density at radius 3 is 2.62 bits per heavy atom. The zero-order valence-corrected chi connectivity index (χ0v) is 4.38. The second-order valence-electron chi connectivity index (χ2n) is 1.26. The van der Waals surface area contributed by atoms with Crippen molar-refractivity contribution < 1.29 is 9.90 Å². The van der Waals surface area contributed by atoms with E-state index in [2.05, 4.69) is 0 Å². The summed E-state index contributed by atoms with van der Waals surface area (Å²) in [5, 5.41) is 18.1. The first kappa shape index (κ1) is 6.92. The van der Waals surface area contributed by atoms with Gasteiger partial charge in [-0.3, -0.25) is 4.79 Å². The van der Waals surface area contributed by atoms with Crippen molar-refractivity contribution in [2.45, 2.75) is 13.2 Å². The van der Waals surface area contributed by atoms with Crippen LogP contribution in [0.4, 0.5) is 0 Å². The van der Waals surface area contributed by atoms with Crippen molar-refractivity contribution >= 4 is 5.91 Å². The molecule has 0 radical (unpaired) electrons. The predicted molar refractivity (Wildman–Crippen MR) is 25.4 cm³/mol. The third kappa shape index (κ3) is 3.12. The quantitative estimate of drug-likeness (QED) is 0.338. The lowest BCUT2D eigenvalue weighted by atomic mass is 10.6. The van der Waals surface area contributed by atoms with Gasteiger partial charge in [-0.15, -0.1) is 0 Å². The average Bonchev–Trinajstić information content (AvgIpc) is 1.65. The Kier molecular flexibility index (Phi) is 2.59. The number of carbonyl (C=O) groups is 1. The fourth-order valence-electron chi connectivity index (χ4n) is 0.222. The summed E-state index contributed by atoms with van der Waals surface area (Å²) in [6.07, 6.45) is -0.942. The molecule has 1 unspecified atom stereocenters. The van der Waals surface area contributed by atoms with E-state index in [1.54, 1.807) is 0 Å². The molecule has 1 amide bonds. The van der Waals surface area contributed by atoms with Gasteiger partial charge in [0.1, 0.15) is 6.23 Å². The Morgan fingerprint density at radius 2 is 2.50 bits per heavy atom. The molecule has 0 fully saturated rings. The van der Waals surface area contributed by atoms with E-state index in [-0.39, 0.29) is 0 Å². The maximum atomic E-state index is 9.99. The lowest BCUT2D eigenvalue weighted by Crippen LogP contribution is -2.30. The molecule has 0 aromatic carbocycles. The highest BCUT2D eigenvalue weighted by molar-refractivity contribution is 5.91. The molecule has 44 valence electrons. The highest BCUT2D eigenvalue weighted by Crippen LogP contribution is 1.68. The summed E-state index contributed by atoms with van der Waals surface area (Å²) >= 11 is 0. The fraction of sp³-hybridized carbons (Fsp3) is 0.500. The molecule has 0 bridgehead atoms. The summed E-state index contributed by atoms with van der Waals surface area (Å²) in [4.78, 5) is 9.99. The van der Waals surface area contributed by atoms with Crippen LogP contribution in [0.5, 0.6) is 0 Å². The van der Waals surface area contributed by atoms with Gasteiger partial charge in [-0.05, 0) is 6.92 Å². The van der Waals surface area contributed by atoms with Gasteiger partial charge in [0.25, 0.3) is 0 Å². The van der Waals surface area contributed by atoms with Crippen molar-refractivity contribution in [2.24, 2.45) is 0 Å². The minimum Gasteiger partial charge on any atom is -0.374 e. The van der Waals surface area contributed by atoms with Crippen LogP contribution in [0.25, 0.3) is 0 Å². The fourth-order valence-corrected chi connectivity index (χ4v) is 0.222. The van der Waals surface area contributed by atoms with Crippen molar-refractivity contribution in [1.29, 1.82) is 5.26 Å². The number of rotatable bonds is 1. The van der Waals surface area contributed by atoms with Crippen molar-refractivity contribution in [3.63, 3.8) is 0 Å². The summed E-state index contributed by atoms with van der Waals surface area (Å²) in [7, 11) is 0. The third-order valence-electron chi connectivity index (χ3n) is 0.442. The maximum Gasteiger partial charge on any atom is 0.324 e. The van der Waals surface area contributed by atoms with E-state index in [0.29, 0.717) is 0 Å². The van der Waals surface area contributed by atoms with Gasteiger partial charge in [0.2, 0.25) is 0 Å². The Balaban J connectivity index is 3.44. The number of nitriles is 1. The van der Waals surface area contributed by atoms with Crippen LogP contribution in [0.2, 0.25) is 0 Å². The number of hydrogen-bond donors (Lipinski definition) is 2. The van der Waals surface area contributed by atoms with Crippen LogP contribution in [0.15, 0.2) is 0 Å². The zero-order valence-electron chi connectivity index (χ0n) is 4.38. The van der Waals surface area contributed by atoms with Gasteiger partial charge in [-0.25, -0.2) is 0 Å². The first-order chi connectivity index (χ1) is 3.66. The normalized spacial score (nSPS) is 11.6. The van der Waals surface area contributed by atoms with Gasteiger partial charge in [-0.2, -0.15) is 5.26 Å². The topological polar surface area (TPSA) is 73.1 Å². The number of amides is 1. The summed E-state index contributed by atoms with van der Waals surface area (Å²) in [6.45, 7) is 1.36. The van der Waals surface area contributed by atoms with Gasteiger partial charge in [-0.1, -0.05) is 0 Å². The first-order valence-corrected chi connectivity index (χ1v) is 2.05. The molecule has 0 saturated heterocycles. The second-order valence-corrected chi connectivity index (χ2v) is 1.26. The van der Waals surface area contributed by atoms with Crippen molar-refractivity contribution in [3.8, 4) is 6.07 Å². The van der Waals surface area contributed by atoms with Gasteiger partial charge in [0.15, 0.2) is 6.07 Å². The van der Waals surface area contributed by atoms with Crippen LogP contribution in [0.3, 0.4) is 0 Å². The number of nitrogens with one attached hydrogen (secondary N) is 1. The molecule has 0 aliphatic heterocycles. The van der Waals surface area contributed by atoms with Crippen LogP contribution in [0, 0.1) is 11.3 Å². The van der Waals surface area contributed by atoms with Gasteiger partial charge in [0.05, 0.1) is 0 Å². The summed E-state index contributed by atoms with van der Waals surface area (Å²) in [5.41, 5.74) is 0. The molecule has 0 rings (SSSR count). The summed E-state index contributed by atoms with van der Waals surface area (Å²) < 4.78 is 0. The van der Waals surface area contributed by atoms with E-state index < -0.39 is 12.1 Å². The number of carbonyl (C=O) groups excluding carboxylic acids is 1. The molecular formula is C4H6N2O2. The highest BCUT2D eigenvalue weighted by atomic mass is 16.3. The maximum absolute atomic E-state index is 9.99. The van der Waals surface area contributed by atoms with Crippen molar-refractivity contribution in [3.05, 3.63) is 0 Å². The molecular weight excluding hydrogens is 108 g/mol. The summed E-state index contributed by atoms with van der Waals surface area (Å²) in [6, 6.07) is 1.29. The average molecular weight is 114 g/mol. The molecule has 1 atom stereocenters. The van der Waals surface area contributed by atoms with Gasteiger partial charge >= 0.3 is 5.91 Å². The first-order valence-electron chi connectivity index (χ1n) is 2.05. The lowest BCUT2D eigenvalue weighted by Gasteiger charge is -1.99. The molecule has 0 aromatic heterocycles. The Hall–Kier alpha value is -1.08. The molecule has 4 heteroatoms. The predicted octanol–water partition coefficient (Wildman–Crippen LogP) is -1.04. The standard InChI is InChI=1S/C4H6N2O2/c1-3(7)6-4(8)2-5/h3,7H,1H3,(H,6,8). The van der Waals surface area contributed by atoms with Crippen molar-refractivity contribution in [1.82, 2.24) is 5.32 Å². The number of hydrogen-bond acceptors (Lipinski definition) is 3. The van der Waals surface area contributed by atoms with Crippen LogP contribution in [0.1, 0.15) is 6.92 Å². The lowest BCUT2D eigenvalue weighted by molar-refractivity contribution is -0.118. The Labute approximate surface area is 46.7 Å². The number of nitrogens with zero attached hydrogens (tertiary/aromatic N) is 1. The molecule has 4 nitrogen and oxygen atoms in total. The van der Waals surface area contributed by atoms with E-state index in [1.807, 2.05) is 5.32 Å². The molecule has 0 spiro atoms. The van der Waals surface area contributed by atoms with Gasteiger partial charge in [0, 0.05) is 0 Å². The molecule has 8 heavy (non-hydrogen) atoms. The Bertz CT molecular complexity index is 124. The second kappa shape index (κ2) is 2.99. The molecule has 0 aliphatic carbocycles. The summed E-state index contributed by atoms with van der Waals surface area (Å²) in [5.74, 6) is -0.819. The minimum atomic E-state index is -0.942. The number of aliphatic hydroxyl groups excluding tert-OH is 1. The van der Waals surface area contributed by atoms with E-state index in [9.17, 15) is 4.79 Å². The van der Waals surface area contributed by atoms with E-state index >= 15 is 0 Å².